The zero-order chi connectivity index (χ0) is 15.4. The van der Waals surface area contributed by atoms with Gasteiger partial charge in [0.15, 0.2) is 0 Å². The van der Waals surface area contributed by atoms with Gasteiger partial charge in [-0.15, -0.1) is 0 Å². The van der Waals surface area contributed by atoms with Crippen LogP contribution in [-0.2, 0) is 11.2 Å². The Kier molecular flexibility index (Phi) is 5.48. The number of piperidine rings is 1. The van der Waals surface area contributed by atoms with Crippen molar-refractivity contribution in [3.8, 4) is 5.75 Å². The third-order valence-corrected chi connectivity index (χ3v) is 4.21. The number of likely N-dealkylation sites (tertiary alicyclic amines) is 1. The number of halogens is 1. The smallest absolute Gasteiger partial charge is 0.239 e. The largest absolute Gasteiger partial charge is 0.496 e. The molecule has 0 spiro atoms. The Hall–Kier alpha value is -1.26. The quantitative estimate of drug-likeness (QED) is 0.929. The topological polar surface area (TPSA) is 55.6 Å². The molecule has 1 aliphatic heterocycles. The molecule has 2 rings (SSSR count). The van der Waals surface area contributed by atoms with E-state index in [0.717, 1.165) is 43.7 Å². The molecule has 5 heteroatoms. The molecule has 0 aromatic heterocycles. The van der Waals surface area contributed by atoms with Gasteiger partial charge in [0.05, 0.1) is 13.2 Å². The third kappa shape index (κ3) is 4.11. The van der Waals surface area contributed by atoms with Gasteiger partial charge in [0, 0.05) is 18.1 Å². The molecule has 2 atom stereocenters. The van der Waals surface area contributed by atoms with Gasteiger partial charge in [0.25, 0.3) is 0 Å². The molecule has 1 amide bonds. The number of carbonyl (C=O) groups is 1. The molecule has 0 radical (unpaired) electrons. The van der Waals surface area contributed by atoms with Crippen LogP contribution in [0.1, 0.15) is 25.3 Å². The molecule has 0 bridgehead atoms. The number of benzene rings is 1. The van der Waals surface area contributed by atoms with Crippen LogP contribution < -0.4 is 10.5 Å². The van der Waals surface area contributed by atoms with Gasteiger partial charge in [-0.25, -0.2) is 0 Å². The molecule has 1 aromatic carbocycles. The molecule has 116 valence electrons. The molecule has 21 heavy (non-hydrogen) atoms. The van der Waals surface area contributed by atoms with Crippen LogP contribution in [0, 0.1) is 5.92 Å². The molecule has 1 heterocycles. The van der Waals surface area contributed by atoms with Crippen molar-refractivity contribution in [3.63, 3.8) is 0 Å². The molecular formula is C16H23ClN2O2. The van der Waals surface area contributed by atoms with Crippen molar-refractivity contribution in [3.05, 3.63) is 28.8 Å². The molecule has 1 fully saturated rings. The van der Waals surface area contributed by atoms with Crippen LogP contribution in [0.15, 0.2) is 18.2 Å². The number of hydrogen-bond donors (Lipinski definition) is 1. The Morgan fingerprint density at radius 3 is 3.00 bits per heavy atom. The zero-order valence-corrected chi connectivity index (χ0v) is 13.4. The highest BCUT2D eigenvalue weighted by atomic mass is 35.5. The predicted octanol–water partition coefficient (Wildman–Crippen LogP) is 2.48. The summed E-state index contributed by atoms with van der Waals surface area (Å²) in [6.45, 7) is 3.31. The van der Waals surface area contributed by atoms with Crippen molar-refractivity contribution in [2.75, 3.05) is 20.2 Å². The molecule has 1 unspecified atom stereocenters. The van der Waals surface area contributed by atoms with Crippen LogP contribution in [-0.4, -0.2) is 37.0 Å². The van der Waals surface area contributed by atoms with E-state index in [1.54, 1.807) is 14.0 Å². The Bertz CT molecular complexity index is 505. The average Bonchev–Trinajstić information content (AvgIpc) is 2.47. The SMILES string of the molecule is COc1ccc(Cl)cc1CC1CCCN(C(=O)[C@@H](C)N)C1. The number of rotatable bonds is 4. The fourth-order valence-corrected chi connectivity index (χ4v) is 3.13. The van der Waals surface area contributed by atoms with E-state index in [0.29, 0.717) is 10.9 Å². The van der Waals surface area contributed by atoms with Crippen molar-refractivity contribution >= 4 is 17.5 Å². The maximum Gasteiger partial charge on any atom is 0.239 e. The van der Waals surface area contributed by atoms with E-state index in [4.69, 9.17) is 22.1 Å². The number of carbonyl (C=O) groups excluding carboxylic acids is 1. The van der Waals surface area contributed by atoms with Crippen molar-refractivity contribution in [2.45, 2.75) is 32.2 Å². The second-order valence-corrected chi connectivity index (χ2v) is 6.18. The van der Waals surface area contributed by atoms with Gasteiger partial charge in [-0.1, -0.05) is 11.6 Å². The summed E-state index contributed by atoms with van der Waals surface area (Å²) in [7, 11) is 1.67. The van der Waals surface area contributed by atoms with E-state index < -0.39 is 6.04 Å². The fraction of sp³-hybridized carbons (Fsp3) is 0.562. The molecule has 0 saturated carbocycles. The maximum atomic E-state index is 12.0. The first-order valence-electron chi connectivity index (χ1n) is 7.38. The highest BCUT2D eigenvalue weighted by Gasteiger charge is 2.26. The Labute approximate surface area is 131 Å². The van der Waals surface area contributed by atoms with Gasteiger partial charge in [-0.2, -0.15) is 0 Å². The summed E-state index contributed by atoms with van der Waals surface area (Å²) in [6, 6.07) is 5.25. The van der Waals surface area contributed by atoms with Crippen molar-refractivity contribution in [1.82, 2.24) is 4.90 Å². The predicted molar refractivity (Wildman–Crippen MR) is 84.7 cm³/mol. The number of nitrogens with two attached hydrogens (primary N) is 1. The number of amides is 1. The molecular weight excluding hydrogens is 288 g/mol. The lowest BCUT2D eigenvalue weighted by atomic mass is 9.90. The summed E-state index contributed by atoms with van der Waals surface area (Å²) in [4.78, 5) is 13.9. The first kappa shape index (κ1) is 16.1. The molecule has 1 aromatic rings. The summed E-state index contributed by atoms with van der Waals surface area (Å²) in [5, 5.41) is 0.713. The highest BCUT2D eigenvalue weighted by Crippen LogP contribution is 2.28. The van der Waals surface area contributed by atoms with Crippen LogP contribution in [0.25, 0.3) is 0 Å². The molecule has 1 aliphatic rings. The summed E-state index contributed by atoms with van der Waals surface area (Å²) in [5.74, 6) is 1.32. The first-order valence-corrected chi connectivity index (χ1v) is 7.76. The normalized spacial score (nSPS) is 20.2. The molecule has 1 saturated heterocycles. The summed E-state index contributed by atoms with van der Waals surface area (Å²) in [5.41, 5.74) is 6.80. The second-order valence-electron chi connectivity index (χ2n) is 5.74. The van der Waals surface area contributed by atoms with Crippen LogP contribution >= 0.6 is 11.6 Å². The van der Waals surface area contributed by atoms with Gasteiger partial charge < -0.3 is 15.4 Å². The van der Waals surface area contributed by atoms with Crippen LogP contribution in [0.5, 0.6) is 5.75 Å². The number of methoxy groups -OCH3 is 1. The first-order chi connectivity index (χ1) is 10.0. The molecule has 2 N–H and O–H groups in total. The zero-order valence-electron chi connectivity index (χ0n) is 12.6. The van der Waals surface area contributed by atoms with Gasteiger partial charge in [-0.3, -0.25) is 4.79 Å². The van der Waals surface area contributed by atoms with Crippen molar-refractivity contribution < 1.29 is 9.53 Å². The summed E-state index contributed by atoms with van der Waals surface area (Å²) < 4.78 is 5.40. The Morgan fingerprint density at radius 1 is 1.57 bits per heavy atom. The third-order valence-electron chi connectivity index (χ3n) is 3.97. The van der Waals surface area contributed by atoms with E-state index in [1.165, 1.54) is 0 Å². The van der Waals surface area contributed by atoms with Crippen LogP contribution in [0.3, 0.4) is 0 Å². The van der Waals surface area contributed by atoms with E-state index >= 15 is 0 Å². The minimum absolute atomic E-state index is 0.0396. The van der Waals surface area contributed by atoms with Crippen molar-refractivity contribution in [2.24, 2.45) is 11.7 Å². The van der Waals surface area contributed by atoms with Gasteiger partial charge in [-0.05, 0) is 55.9 Å². The number of hydrogen-bond acceptors (Lipinski definition) is 3. The van der Waals surface area contributed by atoms with Crippen LogP contribution in [0.4, 0.5) is 0 Å². The van der Waals surface area contributed by atoms with Crippen LogP contribution in [0.2, 0.25) is 5.02 Å². The Morgan fingerprint density at radius 2 is 2.33 bits per heavy atom. The lowest BCUT2D eigenvalue weighted by Crippen LogP contribution is -2.47. The van der Waals surface area contributed by atoms with Gasteiger partial charge >= 0.3 is 0 Å². The Balaban J connectivity index is 2.06. The monoisotopic (exact) mass is 310 g/mol. The fourth-order valence-electron chi connectivity index (χ4n) is 2.94. The van der Waals surface area contributed by atoms with E-state index in [1.807, 2.05) is 23.1 Å². The number of ether oxygens (including phenoxy) is 1. The van der Waals surface area contributed by atoms with Crippen molar-refractivity contribution in [1.29, 1.82) is 0 Å². The number of nitrogens with zero attached hydrogens (tertiary/aromatic N) is 1. The van der Waals surface area contributed by atoms with E-state index in [9.17, 15) is 4.79 Å². The summed E-state index contributed by atoms with van der Waals surface area (Å²) in [6.07, 6.45) is 3.00. The van der Waals surface area contributed by atoms with Gasteiger partial charge in [0.2, 0.25) is 5.91 Å². The minimum Gasteiger partial charge on any atom is -0.496 e. The van der Waals surface area contributed by atoms with E-state index in [-0.39, 0.29) is 5.91 Å². The maximum absolute atomic E-state index is 12.0. The molecule has 4 nitrogen and oxygen atoms in total. The average molecular weight is 311 g/mol. The lowest BCUT2D eigenvalue weighted by Gasteiger charge is -2.34. The van der Waals surface area contributed by atoms with Gasteiger partial charge in [0.1, 0.15) is 5.75 Å². The second kappa shape index (κ2) is 7.14. The molecule has 0 aliphatic carbocycles. The lowest BCUT2D eigenvalue weighted by molar-refractivity contribution is -0.134. The minimum atomic E-state index is -0.426. The van der Waals surface area contributed by atoms with E-state index in [2.05, 4.69) is 0 Å². The standard InChI is InChI=1S/C16H23ClN2O2/c1-11(18)16(20)19-7-3-4-12(10-19)8-13-9-14(17)5-6-15(13)21-2/h5-6,9,11-12H,3-4,7-8,10,18H2,1-2H3/t11-,12?/m1/s1. The summed E-state index contributed by atoms with van der Waals surface area (Å²) >= 11 is 6.08. The highest BCUT2D eigenvalue weighted by molar-refractivity contribution is 6.30.